The van der Waals surface area contributed by atoms with E-state index in [1.807, 2.05) is 35.9 Å². The van der Waals surface area contributed by atoms with Crippen LogP contribution in [0.2, 0.25) is 0 Å². The smallest absolute Gasteiger partial charge is 0.206 e. The summed E-state index contributed by atoms with van der Waals surface area (Å²) in [5, 5.41) is 6.74. The van der Waals surface area contributed by atoms with E-state index in [-0.39, 0.29) is 23.1 Å². The minimum absolute atomic E-state index is 0. The molecule has 3 heterocycles. The van der Waals surface area contributed by atoms with Crippen LogP contribution in [0.5, 0.6) is 0 Å². The maximum absolute atomic E-state index is 5.69. The van der Waals surface area contributed by atoms with Gasteiger partial charge in [-0.3, -0.25) is 4.99 Å². The second-order valence-corrected chi connectivity index (χ2v) is 8.14. The van der Waals surface area contributed by atoms with Crippen LogP contribution in [0.15, 0.2) is 60.8 Å². The minimum Gasteiger partial charge on any atom is -0.460 e. The van der Waals surface area contributed by atoms with Crippen molar-refractivity contribution >= 4 is 50.5 Å². The molecule has 1 aliphatic heterocycles. The number of hydrogen-bond donors (Lipinski definition) is 0. The van der Waals surface area contributed by atoms with Crippen LogP contribution in [0, 0.1) is 6.92 Å². The Hall–Kier alpha value is -1.48. The van der Waals surface area contributed by atoms with Gasteiger partial charge >= 0.3 is 0 Å². The third kappa shape index (κ3) is 5.11. The van der Waals surface area contributed by atoms with E-state index < -0.39 is 0 Å². The van der Waals surface area contributed by atoms with Gasteiger partial charge in [0.2, 0.25) is 4.80 Å². The zero-order chi connectivity index (χ0) is 18.6. The molecule has 1 aliphatic rings. The number of benzene rings is 1. The van der Waals surface area contributed by atoms with E-state index in [4.69, 9.17) is 14.1 Å². The van der Waals surface area contributed by atoms with Gasteiger partial charge in [0.05, 0.1) is 24.6 Å². The molecule has 4 rings (SSSR count). The SMILES string of the molecule is Br.Cc1ccc(C=Nn2c(-c3ccc(Br)cc3)csc2=NCC2CCCO2)o1. The number of aryl methyl sites for hydroxylation is 1. The molecule has 28 heavy (non-hydrogen) atoms. The number of rotatable bonds is 5. The average Bonchev–Trinajstić information content (AvgIpc) is 3.40. The van der Waals surface area contributed by atoms with Gasteiger partial charge in [-0.1, -0.05) is 28.1 Å². The van der Waals surface area contributed by atoms with Crippen LogP contribution < -0.4 is 4.80 Å². The zero-order valence-corrected chi connectivity index (χ0v) is 19.5. The molecule has 3 aromatic rings. The second kappa shape index (κ2) is 9.82. The Balaban J connectivity index is 0.00000225. The Morgan fingerprint density at radius 1 is 1.25 bits per heavy atom. The summed E-state index contributed by atoms with van der Waals surface area (Å²) in [5.41, 5.74) is 2.08. The van der Waals surface area contributed by atoms with Crippen LogP contribution in [-0.4, -0.2) is 30.1 Å². The van der Waals surface area contributed by atoms with E-state index >= 15 is 0 Å². The first-order chi connectivity index (χ1) is 13.2. The quantitative estimate of drug-likeness (QED) is 0.417. The molecule has 5 nitrogen and oxygen atoms in total. The lowest BCUT2D eigenvalue weighted by Gasteiger charge is -2.05. The van der Waals surface area contributed by atoms with Gasteiger partial charge < -0.3 is 9.15 Å². The van der Waals surface area contributed by atoms with E-state index in [0.717, 1.165) is 51.5 Å². The summed E-state index contributed by atoms with van der Waals surface area (Å²) in [6.45, 7) is 3.42. The van der Waals surface area contributed by atoms with Crippen molar-refractivity contribution in [2.24, 2.45) is 10.1 Å². The molecule has 0 bridgehead atoms. The molecule has 0 amide bonds. The van der Waals surface area contributed by atoms with Crippen molar-refractivity contribution < 1.29 is 9.15 Å². The fourth-order valence-electron chi connectivity index (χ4n) is 2.94. The lowest BCUT2D eigenvalue weighted by atomic mass is 10.2. The highest BCUT2D eigenvalue weighted by molar-refractivity contribution is 9.10. The van der Waals surface area contributed by atoms with E-state index in [0.29, 0.717) is 6.54 Å². The lowest BCUT2D eigenvalue weighted by Crippen LogP contribution is -2.17. The summed E-state index contributed by atoms with van der Waals surface area (Å²) in [6.07, 6.45) is 4.13. The average molecular weight is 527 g/mol. The van der Waals surface area contributed by atoms with Gasteiger partial charge in [-0.2, -0.15) is 5.10 Å². The van der Waals surface area contributed by atoms with Gasteiger partial charge in [-0.25, -0.2) is 4.68 Å². The first kappa shape index (κ1) is 21.2. The van der Waals surface area contributed by atoms with Gasteiger partial charge in [-0.15, -0.1) is 28.3 Å². The molecule has 0 aliphatic carbocycles. The Bertz CT molecular complexity index is 999. The largest absolute Gasteiger partial charge is 0.460 e. The van der Waals surface area contributed by atoms with Crippen LogP contribution in [0.25, 0.3) is 11.3 Å². The monoisotopic (exact) mass is 525 g/mol. The lowest BCUT2D eigenvalue weighted by molar-refractivity contribution is 0.117. The van der Waals surface area contributed by atoms with E-state index in [2.05, 4.69) is 38.5 Å². The van der Waals surface area contributed by atoms with Gasteiger partial charge in [0.1, 0.15) is 11.5 Å². The van der Waals surface area contributed by atoms with Crippen LogP contribution >= 0.6 is 44.2 Å². The van der Waals surface area contributed by atoms with Crippen LogP contribution in [0.1, 0.15) is 24.4 Å². The summed E-state index contributed by atoms with van der Waals surface area (Å²) in [7, 11) is 0. The maximum atomic E-state index is 5.69. The second-order valence-electron chi connectivity index (χ2n) is 6.39. The summed E-state index contributed by atoms with van der Waals surface area (Å²) < 4.78 is 14.2. The fraction of sp³-hybridized carbons (Fsp3) is 0.300. The number of thiazole rings is 1. The van der Waals surface area contributed by atoms with Crippen molar-refractivity contribution in [1.82, 2.24) is 4.68 Å². The summed E-state index contributed by atoms with van der Waals surface area (Å²) in [4.78, 5) is 5.62. The zero-order valence-electron chi connectivity index (χ0n) is 15.4. The van der Waals surface area contributed by atoms with E-state index in [1.54, 1.807) is 17.6 Å². The third-order valence-corrected chi connectivity index (χ3v) is 5.72. The van der Waals surface area contributed by atoms with Crippen molar-refractivity contribution in [3.05, 3.63) is 62.6 Å². The van der Waals surface area contributed by atoms with Crippen molar-refractivity contribution in [2.75, 3.05) is 13.2 Å². The first-order valence-electron chi connectivity index (χ1n) is 8.88. The van der Waals surface area contributed by atoms with Crippen LogP contribution in [-0.2, 0) is 4.74 Å². The summed E-state index contributed by atoms with van der Waals surface area (Å²) in [6, 6.07) is 12.0. The highest BCUT2D eigenvalue weighted by Gasteiger charge is 2.15. The normalized spacial score (nSPS) is 17.4. The Morgan fingerprint density at radius 3 is 2.75 bits per heavy atom. The van der Waals surface area contributed by atoms with Crippen molar-refractivity contribution in [1.29, 1.82) is 0 Å². The maximum Gasteiger partial charge on any atom is 0.206 e. The molecule has 0 saturated carbocycles. The molecule has 2 aromatic heterocycles. The minimum atomic E-state index is 0. The molecular formula is C20H21Br2N3O2S. The van der Waals surface area contributed by atoms with Gasteiger partial charge in [-0.05, 0) is 44.0 Å². The summed E-state index contributed by atoms with van der Waals surface area (Å²) >= 11 is 5.07. The number of nitrogens with zero attached hydrogens (tertiary/aromatic N) is 3. The number of halogens is 2. The Kier molecular flexibility index (Phi) is 7.45. The van der Waals surface area contributed by atoms with Crippen molar-refractivity contribution in [3.8, 4) is 11.3 Å². The topological polar surface area (TPSA) is 52.0 Å². The number of furan rings is 1. The fourth-order valence-corrected chi connectivity index (χ4v) is 4.06. The van der Waals surface area contributed by atoms with Gasteiger partial charge in [0.15, 0.2) is 0 Å². The van der Waals surface area contributed by atoms with E-state index in [9.17, 15) is 0 Å². The Labute approximate surface area is 186 Å². The first-order valence-corrected chi connectivity index (χ1v) is 10.6. The molecular weight excluding hydrogens is 506 g/mol. The molecule has 1 atom stereocenters. The third-order valence-electron chi connectivity index (χ3n) is 4.34. The Morgan fingerprint density at radius 2 is 2.07 bits per heavy atom. The molecule has 1 aromatic carbocycles. The van der Waals surface area contributed by atoms with E-state index in [1.165, 1.54) is 0 Å². The molecule has 0 radical (unpaired) electrons. The number of aromatic nitrogens is 1. The van der Waals surface area contributed by atoms with Gasteiger partial charge in [0, 0.05) is 22.0 Å². The molecule has 1 saturated heterocycles. The number of hydrogen-bond acceptors (Lipinski definition) is 5. The predicted molar refractivity (Wildman–Crippen MR) is 122 cm³/mol. The molecule has 148 valence electrons. The molecule has 1 unspecified atom stereocenters. The van der Waals surface area contributed by atoms with Crippen LogP contribution in [0.3, 0.4) is 0 Å². The summed E-state index contributed by atoms with van der Waals surface area (Å²) in [5.74, 6) is 1.58. The predicted octanol–water partition coefficient (Wildman–Crippen LogP) is 5.42. The van der Waals surface area contributed by atoms with Crippen LogP contribution in [0.4, 0.5) is 0 Å². The molecule has 1 fully saturated rings. The van der Waals surface area contributed by atoms with Crippen molar-refractivity contribution in [2.45, 2.75) is 25.9 Å². The number of ether oxygens (including phenoxy) is 1. The highest BCUT2D eigenvalue weighted by Crippen LogP contribution is 2.22. The highest BCUT2D eigenvalue weighted by atomic mass is 79.9. The molecule has 0 spiro atoms. The standard InChI is InChI=1S/C20H20BrN3O2S.BrH/c1-14-4-9-18(26-14)12-23-24-19(15-5-7-16(21)8-6-15)13-27-20(24)22-11-17-3-2-10-25-17;/h4-9,12-13,17H,2-3,10-11H2,1H3;1H. The van der Waals surface area contributed by atoms with Gasteiger partial charge in [0.25, 0.3) is 0 Å². The molecule has 8 heteroatoms. The molecule has 0 N–H and O–H groups in total. The van der Waals surface area contributed by atoms with Crippen molar-refractivity contribution in [3.63, 3.8) is 0 Å².